The number of anilines is 1. The van der Waals surface area contributed by atoms with Gasteiger partial charge in [-0.05, 0) is 48.4 Å². The summed E-state index contributed by atoms with van der Waals surface area (Å²) in [6, 6.07) is 12.8. The van der Waals surface area contributed by atoms with E-state index in [4.69, 9.17) is 19.2 Å². The van der Waals surface area contributed by atoms with Crippen LogP contribution >= 0.6 is 11.3 Å². The number of aromatic nitrogens is 2. The number of nitrogens with zero attached hydrogens (tertiary/aromatic N) is 3. The van der Waals surface area contributed by atoms with Crippen molar-refractivity contribution in [2.24, 2.45) is 0 Å². The third-order valence-electron chi connectivity index (χ3n) is 5.08. The number of hydrogen-bond acceptors (Lipinski definition) is 7. The quantitative estimate of drug-likeness (QED) is 0.401. The van der Waals surface area contributed by atoms with Crippen molar-refractivity contribution in [3.05, 3.63) is 71.5 Å². The maximum Gasteiger partial charge on any atom is 0.260 e. The molecule has 32 heavy (non-hydrogen) atoms. The van der Waals surface area contributed by atoms with Crippen LogP contribution in [0.2, 0.25) is 0 Å². The Morgan fingerprint density at radius 3 is 2.44 bits per heavy atom. The zero-order valence-corrected chi connectivity index (χ0v) is 19.1. The first-order chi connectivity index (χ1) is 15.5. The van der Waals surface area contributed by atoms with E-state index in [0.717, 1.165) is 21.3 Å². The molecule has 0 saturated carbocycles. The van der Waals surface area contributed by atoms with E-state index >= 15 is 0 Å². The summed E-state index contributed by atoms with van der Waals surface area (Å²) in [5.74, 6) is 1.52. The van der Waals surface area contributed by atoms with E-state index in [0.29, 0.717) is 34.5 Å². The molecule has 0 N–H and O–H groups in total. The molecule has 8 heteroatoms. The number of carbonyl (C=O) groups is 1. The van der Waals surface area contributed by atoms with E-state index in [-0.39, 0.29) is 5.91 Å². The molecule has 0 radical (unpaired) electrons. The third kappa shape index (κ3) is 4.09. The van der Waals surface area contributed by atoms with Crippen molar-refractivity contribution >= 4 is 32.6 Å². The van der Waals surface area contributed by atoms with Crippen molar-refractivity contribution < 1.29 is 19.0 Å². The number of rotatable bonds is 7. The Balaban J connectivity index is 1.82. The van der Waals surface area contributed by atoms with E-state index in [2.05, 4.69) is 4.98 Å². The Morgan fingerprint density at radius 2 is 1.75 bits per heavy atom. The van der Waals surface area contributed by atoms with E-state index in [1.54, 1.807) is 56.8 Å². The van der Waals surface area contributed by atoms with E-state index in [1.807, 2.05) is 31.2 Å². The Labute approximate surface area is 190 Å². The molecular weight excluding hydrogens is 426 g/mol. The molecule has 2 aromatic heterocycles. The third-order valence-corrected chi connectivity index (χ3v) is 6.30. The summed E-state index contributed by atoms with van der Waals surface area (Å²) in [6.45, 7) is 2.34. The van der Waals surface area contributed by atoms with Gasteiger partial charge in [0.2, 0.25) is 0 Å². The van der Waals surface area contributed by atoms with Crippen molar-refractivity contribution in [3.8, 4) is 17.2 Å². The molecule has 0 spiro atoms. The summed E-state index contributed by atoms with van der Waals surface area (Å²) in [6.07, 6.45) is 3.45. The highest BCUT2D eigenvalue weighted by molar-refractivity contribution is 7.22. The Morgan fingerprint density at radius 1 is 1.00 bits per heavy atom. The zero-order chi connectivity index (χ0) is 22.7. The van der Waals surface area contributed by atoms with Crippen molar-refractivity contribution in [3.63, 3.8) is 0 Å². The molecule has 0 bridgehead atoms. The number of aryl methyl sites for hydroxylation is 1. The Kier molecular flexibility index (Phi) is 6.23. The van der Waals surface area contributed by atoms with Gasteiger partial charge >= 0.3 is 0 Å². The van der Waals surface area contributed by atoms with Crippen LogP contribution in [0.1, 0.15) is 21.5 Å². The van der Waals surface area contributed by atoms with Crippen LogP contribution in [0.25, 0.3) is 10.2 Å². The van der Waals surface area contributed by atoms with Crippen LogP contribution in [-0.2, 0) is 6.54 Å². The van der Waals surface area contributed by atoms with Gasteiger partial charge in [-0.25, -0.2) is 4.98 Å². The Hall–Kier alpha value is -3.65. The number of methoxy groups -OCH3 is 3. The van der Waals surface area contributed by atoms with Crippen LogP contribution in [-0.4, -0.2) is 37.2 Å². The van der Waals surface area contributed by atoms with Gasteiger partial charge in [-0.3, -0.25) is 14.7 Å². The van der Waals surface area contributed by atoms with Crippen molar-refractivity contribution in [2.45, 2.75) is 13.5 Å². The molecule has 4 rings (SSSR count). The summed E-state index contributed by atoms with van der Waals surface area (Å²) in [5.41, 5.74) is 3.17. The number of amides is 1. The Bertz CT molecular complexity index is 1260. The lowest BCUT2D eigenvalue weighted by molar-refractivity contribution is 0.0984. The molecule has 0 aliphatic rings. The van der Waals surface area contributed by atoms with Gasteiger partial charge in [0.15, 0.2) is 16.6 Å². The molecule has 2 aromatic carbocycles. The predicted molar refractivity (Wildman–Crippen MR) is 125 cm³/mol. The molecule has 0 aliphatic heterocycles. The minimum Gasteiger partial charge on any atom is -0.494 e. The smallest absolute Gasteiger partial charge is 0.260 e. The highest BCUT2D eigenvalue weighted by Crippen LogP contribution is 2.38. The number of pyridine rings is 1. The van der Waals surface area contributed by atoms with E-state index < -0.39 is 0 Å². The SMILES string of the molecule is COc1ccc(C(=O)N(Cc2cccnc2)c2nc3c(OC)ccc(C)c3s2)cc1OC. The lowest BCUT2D eigenvalue weighted by Crippen LogP contribution is -2.30. The second kappa shape index (κ2) is 9.23. The summed E-state index contributed by atoms with van der Waals surface area (Å²) >= 11 is 1.46. The van der Waals surface area contributed by atoms with Gasteiger partial charge in [-0.2, -0.15) is 0 Å². The lowest BCUT2D eigenvalue weighted by Gasteiger charge is -2.20. The minimum atomic E-state index is -0.203. The highest BCUT2D eigenvalue weighted by atomic mass is 32.1. The normalized spacial score (nSPS) is 10.8. The molecule has 4 aromatic rings. The molecule has 2 heterocycles. The maximum absolute atomic E-state index is 13.7. The summed E-state index contributed by atoms with van der Waals surface area (Å²) in [7, 11) is 4.72. The number of thiazole rings is 1. The highest BCUT2D eigenvalue weighted by Gasteiger charge is 2.24. The van der Waals surface area contributed by atoms with Crippen LogP contribution in [0, 0.1) is 6.92 Å². The minimum absolute atomic E-state index is 0.203. The molecule has 1 amide bonds. The van der Waals surface area contributed by atoms with Gasteiger partial charge in [0.05, 0.1) is 32.6 Å². The van der Waals surface area contributed by atoms with E-state index in [9.17, 15) is 4.79 Å². The van der Waals surface area contributed by atoms with Gasteiger partial charge in [-0.1, -0.05) is 23.5 Å². The first kappa shape index (κ1) is 21.6. The van der Waals surface area contributed by atoms with Crippen LogP contribution in [0.5, 0.6) is 17.2 Å². The van der Waals surface area contributed by atoms with Gasteiger partial charge in [0, 0.05) is 18.0 Å². The zero-order valence-electron chi connectivity index (χ0n) is 18.3. The summed E-state index contributed by atoms with van der Waals surface area (Å²) < 4.78 is 17.2. The average Bonchev–Trinajstić information content (AvgIpc) is 3.28. The lowest BCUT2D eigenvalue weighted by atomic mass is 10.1. The number of hydrogen-bond donors (Lipinski definition) is 0. The number of fused-ring (bicyclic) bond motifs is 1. The molecule has 0 atom stereocenters. The molecule has 7 nitrogen and oxygen atoms in total. The monoisotopic (exact) mass is 449 g/mol. The second-order valence-corrected chi connectivity index (χ2v) is 8.06. The fraction of sp³-hybridized carbons (Fsp3) is 0.208. The van der Waals surface area contributed by atoms with Crippen LogP contribution < -0.4 is 19.1 Å². The summed E-state index contributed by atoms with van der Waals surface area (Å²) in [5, 5.41) is 0.580. The largest absolute Gasteiger partial charge is 0.494 e. The molecule has 0 aliphatic carbocycles. The van der Waals surface area contributed by atoms with Crippen LogP contribution in [0.4, 0.5) is 5.13 Å². The fourth-order valence-electron chi connectivity index (χ4n) is 3.40. The fourth-order valence-corrected chi connectivity index (χ4v) is 4.45. The van der Waals surface area contributed by atoms with Gasteiger partial charge < -0.3 is 14.2 Å². The van der Waals surface area contributed by atoms with Crippen LogP contribution in [0.3, 0.4) is 0 Å². The number of carbonyl (C=O) groups excluding carboxylic acids is 1. The molecule has 0 fully saturated rings. The maximum atomic E-state index is 13.7. The number of benzene rings is 2. The van der Waals surface area contributed by atoms with Gasteiger partial charge in [0.1, 0.15) is 11.3 Å². The molecule has 0 unspecified atom stereocenters. The van der Waals surface area contributed by atoms with E-state index in [1.165, 1.54) is 11.3 Å². The van der Waals surface area contributed by atoms with Crippen molar-refractivity contribution in [1.29, 1.82) is 0 Å². The average molecular weight is 450 g/mol. The second-order valence-electron chi connectivity index (χ2n) is 7.08. The molecule has 0 saturated heterocycles. The summed E-state index contributed by atoms with van der Waals surface area (Å²) in [4.78, 5) is 24.3. The first-order valence-electron chi connectivity index (χ1n) is 9.92. The standard InChI is InChI=1S/C24H23N3O4S/c1-15-7-9-19(30-3)21-22(15)32-24(26-21)27(14-16-6-5-11-25-13-16)23(28)17-8-10-18(29-2)20(12-17)31-4/h5-13H,14H2,1-4H3. The molecule has 164 valence electrons. The first-order valence-corrected chi connectivity index (χ1v) is 10.7. The van der Waals surface area contributed by atoms with Crippen molar-refractivity contribution in [1.82, 2.24) is 9.97 Å². The van der Waals surface area contributed by atoms with Crippen molar-refractivity contribution in [2.75, 3.05) is 26.2 Å². The number of ether oxygens (including phenoxy) is 3. The van der Waals surface area contributed by atoms with Gasteiger partial charge in [-0.15, -0.1) is 0 Å². The predicted octanol–water partition coefficient (Wildman–Crippen LogP) is 4.87. The topological polar surface area (TPSA) is 73.8 Å². The van der Waals surface area contributed by atoms with Gasteiger partial charge in [0.25, 0.3) is 5.91 Å². The van der Waals surface area contributed by atoms with Crippen LogP contribution in [0.15, 0.2) is 54.9 Å². The molecular formula is C24H23N3O4S.